The van der Waals surface area contributed by atoms with Crippen LogP contribution in [0.3, 0.4) is 0 Å². The molecule has 7 heteroatoms. The van der Waals surface area contributed by atoms with Gasteiger partial charge in [0.2, 0.25) is 5.96 Å². The third-order valence-corrected chi connectivity index (χ3v) is 3.58. The number of guanidine groups is 1. The van der Waals surface area contributed by atoms with Gasteiger partial charge >= 0.3 is 0 Å². The number of hydrogen-bond acceptors (Lipinski definition) is 2. The fourth-order valence-corrected chi connectivity index (χ4v) is 2.28. The molecule has 24 heavy (non-hydrogen) atoms. The van der Waals surface area contributed by atoms with Crippen LogP contribution in [0.1, 0.15) is 18.1 Å². The lowest BCUT2D eigenvalue weighted by Gasteiger charge is -2.07. The van der Waals surface area contributed by atoms with Crippen molar-refractivity contribution in [3.05, 3.63) is 69.5 Å². The van der Waals surface area contributed by atoms with Crippen LogP contribution in [0.25, 0.3) is 0 Å². The molecule has 0 amide bonds. The first kappa shape index (κ1) is 18.2. The van der Waals surface area contributed by atoms with Crippen molar-refractivity contribution >= 4 is 35.4 Å². The number of hydrazone groups is 1. The average Bonchev–Trinajstić information content (AvgIpc) is 2.56. The summed E-state index contributed by atoms with van der Waals surface area (Å²) >= 11 is 11.9. The molecule has 2 aromatic rings. The minimum atomic E-state index is -0.266. The van der Waals surface area contributed by atoms with E-state index in [4.69, 9.17) is 23.2 Å². The van der Waals surface area contributed by atoms with E-state index >= 15 is 0 Å². The second kappa shape index (κ2) is 9.25. The van der Waals surface area contributed by atoms with Gasteiger partial charge in [-0.3, -0.25) is 0 Å². The Balaban J connectivity index is 2.00. The van der Waals surface area contributed by atoms with Gasteiger partial charge in [0.1, 0.15) is 5.82 Å². The molecule has 0 radical (unpaired) electrons. The number of nitrogens with one attached hydrogen (secondary N) is 2. The van der Waals surface area contributed by atoms with Crippen molar-refractivity contribution in [2.75, 3.05) is 6.54 Å². The number of halogens is 3. The highest BCUT2D eigenvalue weighted by Crippen LogP contribution is 2.19. The summed E-state index contributed by atoms with van der Waals surface area (Å²) < 4.78 is 12.9. The molecule has 0 atom stereocenters. The van der Waals surface area contributed by atoms with Gasteiger partial charge < -0.3 is 5.32 Å². The van der Waals surface area contributed by atoms with Crippen LogP contribution >= 0.6 is 23.2 Å². The Morgan fingerprint density at radius 2 is 1.92 bits per heavy atom. The molecule has 2 aromatic carbocycles. The molecule has 0 fully saturated rings. The molecule has 0 bridgehead atoms. The molecule has 2 N–H and O–H groups in total. The van der Waals surface area contributed by atoms with Gasteiger partial charge in [-0.2, -0.15) is 5.10 Å². The molecular formula is C17H17Cl2FN4. The number of hydrogen-bond donors (Lipinski definition) is 2. The lowest BCUT2D eigenvalue weighted by atomic mass is 10.2. The van der Waals surface area contributed by atoms with E-state index in [0.717, 1.165) is 11.1 Å². The van der Waals surface area contributed by atoms with Crippen LogP contribution in [0, 0.1) is 5.82 Å². The first-order chi connectivity index (χ1) is 11.6. The SMILES string of the molecule is CCNC(=NCc1ccc(F)cc1)NN=Cc1ccc(Cl)cc1Cl. The Morgan fingerprint density at radius 1 is 1.17 bits per heavy atom. The van der Waals surface area contributed by atoms with Gasteiger partial charge in [-0.15, -0.1) is 0 Å². The maximum atomic E-state index is 12.9. The highest BCUT2D eigenvalue weighted by molar-refractivity contribution is 6.36. The van der Waals surface area contributed by atoms with Crippen molar-refractivity contribution in [3.8, 4) is 0 Å². The molecule has 4 nitrogen and oxygen atoms in total. The monoisotopic (exact) mass is 366 g/mol. The van der Waals surface area contributed by atoms with Crippen LogP contribution in [-0.2, 0) is 6.54 Å². The van der Waals surface area contributed by atoms with Crippen molar-refractivity contribution < 1.29 is 4.39 Å². The van der Waals surface area contributed by atoms with E-state index in [1.807, 2.05) is 6.92 Å². The molecule has 0 heterocycles. The van der Waals surface area contributed by atoms with Crippen LogP contribution in [0.4, 0.5) is 4.39 Å². The summed E-state index contributed by atoms with van der Waals surface area (Å²) in [6, 6.07) is 11.4. The van der Waals surface area contributed by atoms with Gasteiger partial charge in [0.05, 0.1) is 17.8 Å². The average molecular weight is 367 g/mol. The largest absolute Gasteiger partial charge is 0.355 e. The third-order valence-electron chi connectivity index (χ3n) is 3.01. The summed E-state index contributed by atoms with van der Waals surface area (Å²) in [5.41, 5.74) is 4.48. The van der Waals surface area contributed by atoms with Crippen molar-refractivity contribution in [2.24, 2.45) is 10.1 Å². The second-order valence-electron chi connectivity index (χ2n) is 4.86. The minimum Gasteiger partial charge on any atom is -0.355 e. The van der Waals surface area contributed by atoms with E-state index in [2.05, 4.69) is 20.8 Å². The van der Waals surface area contributed by atoms with Crippen LogP contribution in [0.2, 0.25) is 10.0 Å². The van der Waals surface area contributed by atoms with Crippen molar-refractivity contribution in [1.29, 1.82) is 0 Å². The maximum absolute atomic E-state index is 12.9. The van der Waals surface area contributed by atoms with E-state index in [1.54, 1.807) is 36.5 Å². The lowest BCUT2D eigenvalue weighted by Crippen LogP contribution is -2.34. The summed E-state index contributed by atoms with van der Waals surface area (Å²) in [5, 5.41) is 8.28. The smallest absolute Gasteiger partial charge is 0.212 e. The van der Waals surface area contributed by atoms with E-state index in [0.29, 0.717) is 29.1 Å². The number of nitrogens with zero attached hydrogens (tertiary/aromatic N) is 2. The molecule has 0 saturated heterocycles. The fourth-order valence-electron chi connectivity index (χ4n) is 1.83. The molecule has 0 aliphatic carbocycles. The number of aliphatic imine (C=N–C) groups is 1. The maximum Gasteiger partial charge on any atom is 0.212 e. The molecule has 126 valence electrons. The topological polar surface area (TPSA) is 48.8 Å². The molecule has 0 aliphatic rings. The van der Waals surface area contributed by atoms with Crippen molar-refractivity contribution in [2.45, 2.75) is 13.5 Å². The Labute approximate surface area is 150 Å². The van der Waals surface area contributed by atoms with Gasteiger partial charge in [-0.05, 0) is 36.8 Å². The Bertz CT molecular complexity index is 730. The summed E-state index contributed by atoms with van der Waals surface area (Å²) in [6.45, 7) is 3.05. The molecule has 0 unspecified atom stereocenters. The van der Waals surface area contributed by atoms with E-state index in [-0.39, 0.29) is 5.82 Å². The van der Waals surface area contributed by atoms with E-state index in [9.17, 15) is 4.39 Å². The van der Waals surface area contributed by atoms with Crippen LogP contribution in [-0.4, -0.2) is 18.7 Å². The van der Waals surface area contributed by atoms with E-state index < -0.39 is 0 Å². The zero-order chi connectivity index (χ0) is 17.4. The highest BCUT2D eigenvalue weighted by Gasteiger charge is 1.99. The van der Waals surface area contributed by atoms with Crippen molar-refractivity contribution in [1.82, 2.24) is 10.7 Å². The summed E-state index contributed by atoms with van der Waals surface area (Å²) in [4.78, 5) is 4.39. The predicted octanol–water partition coefficient (Wildman–Crippen LogP) is 4.22. The van der Waals surface area contributed by atoms with Gasteiger partial charge in [0.15, 0.2) is 0 Å². The second-order valence-corrected chi connectivity index (χ2v) is 5.70. The first-order valence-corrected chi connectivity index (χ1v) is 8.11. The van der Waals surface area contributed by atoms with E-state index in [1.165, 1.54) is 12.1 Å². The Kier molecular flexibility index (Phi) is 7.03. The third kappa shape index (κ3) is 5.83. The lowest BCUT2D eigenvalue weighted by molar-refractivity contribution is 0.627. The summed E-state index contributed by atoms with van der Waals surface area (Å²) in [5.74, 6) is 0.250. The molecule has 0 aliphatic heterocycles. The van der Waals surface area contributed by atoms with Gasteiger partial charge in [-0.1, -0.05) is 41.4 Å². The summed E-state index contributed by atoms with van der Waals surface area (Å²) in [6.07, 6.45) is 1.59. The van der Waals surface area contributed by atoms with Gasteiger partial charge in [-0.25, -0.2) is 14.8 Å². The van der Waals surface area contributed by atoms with Crippen LogP contribution < -0.4 is 10.7 Å². The molecule has 0 saturated carbocycles. The molecule has 0 spiro atoms. The van der Waals surface area contributed by atoms with Crippen LogP contribution in [0.5, 0.6) is 0 Å². The minimum absolute atomic E-state index is 0.266. The zero-order valence-corrected chi connectivity index (χ0v) is 14.6. The van der Waals surface area contributed by atoms with Crippen LogP contribution in [0.15, 0.2) is 52.6 Å². The standard InChI is InChI=1S/C17H17Cl2FN4/c1-2-21-17(22-10-12-3-7-15(20)8-4-12)24-23-11-13-5-6-14(18)9-16(13)19/h3-9,11H,2,10H2,1H3,(H2,21,22,24). The predicted molar refractivity (Wildman–Crippen MR) is 98.4 cm³/mol. The number of rotatable bonds is 5. The molecule has 0 aromatic heterocycles. The Morgan fingerprint density at radius 3 is 2.58 bits per heavy atom. The van der Waals surface area contributed by atoms with Crippen molar-refractivity contribution in [3.63, 3.8) is 0 Å². The summed E-state index contributed by atoms with van der Waals surface area (Å²) in [7, 11) is 0. The zero-order valence-electron chi connectivity index (χ0n) is 13.1. The Hall–Kier alpha value is -2.11. The number of benzene rings is 2. The fraction of sp³-hybridized carbons (Fsp3) is 0.176. The van der Waals surface area contributed by atoms with Gasteiger partial charge in [0, 0.05) is 17.1 Å². The van der Waals surface area contributed by atoms with Gasteiger partial charge in [0.25, 0.3) is 0 Å². The molecular weight excluding hydrogens is 350 g/mol. The quantitative estimate of drug-likeness (QED) is 0.472. The molecule has 2 rings (SSSR count). The normalized spacial score (nSPS) is 11.8. The first-order valence-electron chi connectivity index (χ1n) is 7.35. The highest BCUT2D eigenvalue weighted by atomic mass is 35.5.